The van der Waals surface area contributed by atoms with Gasteiger partial charge in [0.25, 0.3) is 0 Å². The van der Waals surface area contributed by atoms with Gasteiger partial charge in [-0.3, -0.25) is 0 Å². The molecule has 0 radical (unpaired) electrons. The molecule has 2 rings (SSSR count). The Kier molecular flexibility index (Phi) is 3.43. The number of carboxylic acid groups (broad SMARTS) is 1. The number of carboxylic acids is 1. The predicted molar refractivity (Wildman–Crippen MR) is 67.7 cm³/mol. The van der Waals surface area contributed by atoms with E-state index >= 15 is 0 Å². The minimum absolute atomic E-state index is 0.0898. The van der Waals surface area contributed by atoms with Gasteiger partial charge in [0, 0.05) is 6.42 Å². The lowest BCUT2D eigenvalue weighted by atomic mass is 10.0. The zero-order valence-corrected chi connectivity index (χ0v) is 10.1. The van der Waals surface area contributed by atoms with Crippen molar-refractivity contribution < 1.29 is 9.90 Å². The van der Waals surface area contributed by atoms with Crippen LogP contribution in [-0.4, -0.2) is 21.0 Å². The molecule has 0 saturated heterocycles. The first-order valence-electron chi connectivity index (χ1n) is 5.16. The van der Waals surface area contributed by atoms with Crippen molar-refractivity contribution in [3.05, 3.63) is 52.6 Å². The van der Waals surface area contributed by atoms with E-state index in [-0.39, 0.29) is 10.8 Å². The number of nitrogen functional groups attached to an aromatic ring is 1. The molecule has 5 nitrogen and oxygen atoms in total. The molecule has 0 unspecified atom stereocenters. The van der Waals surface area contributed by atoms with Gasteiger partial charge in [0.1, 0.15) is 0 Å². The van der Waals surface area contributed by atoms with Gasteiger partial charge in [-0.05, 0) is 23.2 Å². The standard InChI is InChI=1S/C12H10ClN3O2/c13-12-15-6-9(14)10(16-12)5-7-3-1-2-4-8(7)11(17)18/h1-4,6H,5,14H2,(H,17,18). The maximum atomic E-state index is 11.1. The van der Waals surface area contributed by atoms with E-state index < -0.39 is 5.97 Å². The predicted octanol–water partition coefficient (Wildman–Crippen LogP) is 2.00. The molecule has 0 aliphatic carbocycles. The van der Waals surface area contributed by atoms with Crippen LogP contribution in [0.3, 0.4) is 0 Å². The highest BCUT2D eigenvalue weighted by atomic mass is 35.5. The molecular formula is C12H10ClN3O2. The van der Waals surface area contributed by atoms with E-state index in [0.717, 1.165) is 0 Å². The van der Waals surface area contributed by atoms with Crippen molar-refractivity contribution in [1.29, 1.82) is 0 Å². The first-order chi connectivity index (χ1) is 8.58. The lowest BCUT2D eigenvalue weighted by molar-refractivity contribution is 0.0696. The number of nitrogens with zero attached hydrogens (tertiary/aromatic N) is 2. The molecule has 0 bridgehead atoms. The summed E-state index contributed by atoms with van der Waals surface area (Å²) in [6.07, 6.45) is 1.71. The van der Waals surface area contributed by atoms with Crippen LogP contribution in [0.5, 0.6) is 0 Å². The molecule has 1 heterocycles. The second kappa shape index (κ2) is 5.01. The van der Waals surface area contributed by atoms with E-state index in [1.54, 1.807) is 18.2 Å². The Balaban J connectivity index is 2.40. The Hall–Kier alpha value is -2.14. The molecule has 2 aromatic rings. The number of halogens is 1. The van der Waals surface area contributed by atoms with E-state index in [2.05, 4.69) is 9.97 Å². The number of nitrogens with two attached hydrogens (primary N) is 1. The van der Waals surface area contributed by atoms with Crippen molar-refractivity contribution in [3.8, 4) is 0 Å². The molecular weight excluding hydrogens is 254 g/mol. The molecule has 0 fully saturated rings. The first kappa shape index (κ1) is 12.3. The van der Waals surface area contributed by atoms with Gasteiger partial charge in [-0.2, -0.15) is 0 Å². The molecule has 0 aliphatic rings. The van der Waals surface area contributed by atoms with Crippen LogP contribution < -0.4 is 5.73 Å². The Morgan fingerprint density at radius 2 is 2.11 bits per heavy atom. The average molecular weight is 264 g/mol. The van der Waals surface area contributed by atoms with Gasteiger partial charge in [-0.25, -0.2) is 14.8 Å². The van der Waals surface area contributed by atoms with Crippen LogP contribution in [0.25, 0.3) is 0 Å². The summed E-state index contributed by atoms with van der Waals surface area (Å²) in [7, 11) is 0. The topological polar surface area (TPSA) is 89.1 Å². The van der Waals surface area contributed by atoms with Gasteiger partial charge in [0.15, 0.2) is 0 Å². The maximum absolute atomic E-state index is 11.1. The summed E-state index contributed by atoms with van der Waals surface area (Å²) in [5.74, 6) is -0.982. The van der Waals surface area contributed by atoms with Gasteiger partial charge in [0.2, 0.25) is 5.28 Å². The first-order valence-corrected chi connectivity index (χ1v) is 5.54. The summed E-state index contributed by atoms with van der Waals surface area (Å²) in [5.41, 5.74) is 7.50. The number of benzene rings is 1. The number of aromatic carboxylic acids is 1. The highest BCUT2D eigenvalue weighted by Crippen LogP contribution is 2.18. The van der Waals surface area contributed by atoms with Crippen molar-refractivity contribution in [2.24, 2.45) is 0 Å². The van der Waals surface area contributed by atoms with Crippen LogP contribution in [0.2, 0.25) is 5.28 Å². The highest BCUT2D eigenvalue weighted by Gasteiger charge is 2.12. The number of anilines is 1. The third-order valence-corrected chi connectivity index (χ3v) is 2.66. The van der Waals surface area contributed by atoms with Gasteiger partial charge < -0.3 is 10.8 Å². The molecule has 0 aliphatic heterocycles. The molecule has 0 spiro atoms. The van der Waals surface area contributed by atoms with E-state index in [9.17, 15) is 4.79 Å². The fourth-order valence-corrected chi connectivity index (χ4v) is 1.76. The molecule has 18 heavy (non-hydrogen) atoms. The van der Waals surface area contributed by atoms with Crippen molar-refractivity contribution in [1.82, 2.24) is 9.97 Å². The summed E-state index contributed by atoms with van der Waals surface area (Å²) in [5, 5.41) is 9.17. The van der Waals surface area contributed by atoms with E-state index in [1.807, 2.05) is 0 Å². The minimum Gasteiger partial charge on any atom is -0.478 e. The third-order valence-electron chi connectivity index (χ3n) is 2.48. The summed E-state index contributed by atoms with van der Waals surface area (Å²) in [6.45, 7) is 0. The van der Waals surface area contributed by atoms with E-state index in [4.69, 9.17) is 22.4 Å². The lowest BCUT2D eigenvalue weighted by Crippen LogP contribution is -2.06. The van der Waals surface area contributed by atoms with Gasteiger partial charge in [-0.1, -0.05) is 18.2 Å². The molecule has 3 N–H and O–H groups in total. The van der Waals surface area contributed by atoms with Gasteiger partial charge >= 0.3 is 5.97 Å². The molecule has 0 atom stereocenters. The number of hydrogen-bond acceptors (Lipinski definition) is 4. The smallest absolute Gasteiger partial charge is 0.335 e. The summed E-state index contributed by atoms with van der Waals surface area (Å²) in [6, 6.07) is 6.69. The van der Waals surface area contributed by atoms with Crippen LogP contribution in [-0.2, 0) is 6.42 Å². The van der Waals surface area contributed by atoms with E-state index in [0.29, 0.717) is 23.4 Å². The Morgan fingerprint density at radius 3 is 2.83 bits per heavy atom. The van der Waals surface area contributed by atoms with Crippen molar-refractivity contribution in [2.45, 2.75) is 6.42 Å². The lowest BCUT2D eigenvalue weighted by Gasteiger charge is -2.07. The number of rotatable bonds is 3. The van der Waals surface area contributed by atoms with Crippen molar-refractivity contribution in [3.63, 3.8) is 0 Å². The number of hydrogen-bond donors (Lipinski definition) is 2. The number of aromatic nitrogens is 2. The SMILES string of the molecule is Nc1cnc(Cl)nc1Cc1ccccc1C(=O)O. The van der Waals surface area contributed by atoms with Crippen LogP contribution in [0.4, 0.5) is 5.69 Å². The molecule has 0 amide bonds. The Morgan fingerprint density at radius 1 is 1.39 bits per heavy atom. The summed E-state index contributed by atoms with van der Waals surface area (Å²) < 4.78 is 0. The van der Waals surface area contributed by atoms with Crippen LogP contribution >= 0.6 is 11.6 Å². The van der Waals surface area contributed by atoms with E-state index in [1.165, 1.54) is 12.3 Å². The monoisotopic (exact) mass is 263 g/mol. The third kappa shape index (κ3) is 2.57. The van der Waals surface area contributed by atoms with Crippen LogP contribution in [0, 0.1) is 0 Å². The van der Waals surface area contributed by atoms with Crippen LogP contribution in [0.1, 0.15) is 21.6 Å². The second-order valence-electron chi connectivity index (χ2n) is 3.68. The Bertz CT molecular complexity index is 602. The zero-order chi connectivity index (χ0) is 13.1. The highest BCUT2D eigenvalue weighted by molar-refractivity contribution is 6.28. The fraction of sp³-hybridized carbons (Fsp3) is 0.0833. The Labute approximate surface area is 108 Å². The van der Waals surface area contributed by atoms with Gasteiger partial charge in [-0.15, -0.1) is 0 Å². The van der Waals surface area contributed by atoms with Crippen molar-refractivity contribution in [2.75, 3.05) is 5.73 Å². The average Bonchev–Trinajstić information content (AvgIpc) is 2.34. The van der Waals surface area contributed by atoms with Gasteiger partial charge in [0.05, 0.1) is 23.1 Å². The molecule has 92 valence electrons. The molecule has 0 saturated carbocycles. The summed E-state index contributed by atoms with van der Waals surface area (Å²) >= 11 is 5.69. The van der Waals surface area contributed by atoms with Crippen molar-refractivity contribution >= 4 is 23.3 Å². The molecule has 1 aromatic carbocycles. The second-order valence-corrected chi connectivity index (χ2v) is 4.02. The normalized spacial score (nSPS) is 10.3. The fourth-order valence-electron chi connectivity index (χ4n) is 1.61. The molecule has 6 heteroatoms. The summed E-state index contributed by atoms with van der Waals surface area (Å²) in [4.78, 5) is 18.8. The molecule has 1 aromatic heterocycles. The zero-order valence-electron chi connectivity index (χ0n) is 9.30. The quantitative estimate of drug-likeness (QED) is 0.827. The number of carbonyl (C=O) groups is 1. The largest absolute Gasteiger partial charge is 0.478 e. The maximum Gasteiger partial charge on any atom is 0.335 e. The van der Waals surface area contributed by atoms with Crippen LogP contribution in [0.15, 0.2) is 30.5 Å². The minimum atomic E-state index is -0.982.